The number of thioether (sulfide) groups is 1. The second kappa shape index (κ2) is 6.37. The molecule has 3 atom stereocenters. The summed E-state index contributed by atoms with van der Waals surface area (Å²) in [7, 11) is 1.61. The second-order valence-corrected chi connectivity index (χ2v) is 7.46. The highest BCUT2D eigenvalue weighted by Crippen LogP contribution is 2.45. The summed E-state index contributed by atoms with van der Waals surface area (Å²) in [5, 5.41) is 11.4. The van der Waals surface area contributed by atoms with Crippen LogP contribution in [0.15, 0.2) is 18.2 Å². The minimum atomic E-state index is -0.524. The molecular weight excluding hydrogens is 308 g/mol. The molecule has 2 aliphatic rings. The predicted molar refractivity (Wildman–Crippen MR) is 86.3 cm³/mol. The third kappa shape index (κ3) is 3.19. The number of hydrogen-bond acceptors (Lipinski definition) is 4. The summed E-state index contributed by atoms with van der Waals surface area (Å²) in [4.78, 5) is 0. The van der Waals surface area contributed by atoms with Gasteiger partial charge in [-0.2, -0.15) is 11.8 Å². The number of methoxy groups -OCH3 is 1. The Morgan fingerprint density at radius 2 is 2.38 bits per heavy atom. The lowest BCUT2D eigenvalue weighted by Crippen LogP contribution is -2.41. The average Bonchev–Trinajstić information content (AvgIpc) is 2.94. The lowest BCUT2D eigenvalue weighted by atomic mass is 9.80. The molecule has 1 N–H and O–H groups in total. The molecule has 21 heavy (non-hydrogen) atoms. The number of ether oxygens (including phenoxy) is 2. The summed E-state index contributed by atoms with van der Waals surface area (Å²) in [6.45, 7) is 0.734. The first-order valence-corrected chi connectivity index (χ1v) is 8.90. The van der Waals surface area contributed by atoms with Crippen molar-refractivity contribution in [1.82, 2.24) is 0 Å². The topological polar surface area (TPSA) is 38.7 Å². The Kier molecular flexibility index (Phi) is 4.69. The molecule has 5 heteroatoms. The van der Waals surface area contributed by atoms with Gasteiger partial charge in [0, 0.05) is 22.9 Å². The van der Waals surface area contributed by atoms with E-state index in [1.165, 1.54) is 0 Å². The van der Waals surface area contributed by atoms with Gasteiger partial charge in [-0.1, -0.05) is 17.7 Å². The van der Waals surface area contributed by atoms with Crippen molar-refractivity contribution >= 4 is 23.4 Å². The van der Waals surface area contributed by atoms with Crippen molar-refractivity contribution in [3.05, 3.63) is 28.8 Å². The Hall–Kier alpha value is -0.420. The Morgan fingerprint density at radius 3 is 3.10 bits per heavy atom. The van der Waals surface area contributed by atoms with E-state index in [4.69, 9.17) is 21.1 Å². The minimum Gasteiger partial charge on any atom is -0.496 e. The van der Waals surface area contributed by atoms with Crippen LogP contribution in [0.5, 0.6) is 5.75 Å². The standard InChI is InChI=1S/C16H21ClO3S/c1-19-14-8-12(17)2-3-13(14)15(18)11-4-6-20-16(9-11)5-7-21-10-16/h2-3,8,11,15,18H,4-7,9-10H2,1H3. The first-order valence-electron chi connectivity index (χ1n) is 7.37. The van der Waals surface area contributed by atoms with Crippen LogP contribution in [0.3, 0.4) is 0 Å². The molecule has 116 valence electrons. The largest absolute Gasteiger partial charge is 0.496 e. The van der Waals surface area contributed by atoms with Gasteiger partial charge in [-0.25, -0.2) is 0 Å². The van der Waals surface area contributed by atoms with Crippen LogP contribution in [-0.2, 0) is 4.74 Å². The van der Waals surface area contributed by atoms with Crippen molar-refractivity contribution in [3.63, 3.8) is 0 Å². The predicted octanol–water partition coefficient (Wildman–Crippen LogP) is 3.68. The van der Waals surface area contributed by atoms with Crippen LogP contribution < -0.4 is 4.74 Å². The lowest BCUT2D eigenvalue weighted by Gasteiger charge is -2.39. The highest BCUT2D eigenvalue weighted by Gasteiger charge is 2.42. The zero-order valence-electron chi connectivity index (χ0n) is 12.2. The van der Waals surface area contributed by atoms with Gasteiger partial charge in [-0.05, 0) is 43.1 Å². The van der Waals surface area contributed by atoms with Crippen molar-refractivity contribution in [2.45, 2.75) is 31.0 Å². The summed E-state index contributed by atoms with van der Waals surface area (Å²) in [6.07, 6.45) is 2.38. The van der Waals surface area contributed by atoms with Gasteiger partial charge in [0.15, 0.2) is 0 Å². The summed E-state index contributed by atoms with van der Waals surface area (Å²) < 4.78 is 11.4. The van der Waals surface area contributed by atoms with E-state index >= 15 is 0 Å². The molecule has 0 aromatic heterocycles. The van der Waals surface area contributed by atoms with E-state index in [1.807, 2.05) is 23.9 Å². The molecule has 2 saturated heterocycles. The molecule has 0 aliphatic carbocycles. The van der Waals surface area contributed by atoms with Gasteiger partial charge >= 0.3 is 0 Å². The van der Waals surface area contributed by atoms with Crippen LogP contribution in [0.25, 0.3) is 0 Å². The molecule has 3 rings (SSSR count). The highest BCUT2D eigenvalue weighted by atomic mass is 35.5. The average molecular weight is 329 g/mol. The van der Waals surface area contributed by atoms with Gasteiger partial charge < -0.3 is 14.6 Å². The van der Waals surface area contributed by atoms with Crippen molar-refractivity contribution < 1.29 is 14.6 Å². The monoisotopic (exact) mass is 328 g/mol. The maximum Gasteiger partial charge on any atom is 0.126 e. The van der Waals surface area contributed by atoms with E-state index in [-0.39, 0.29) is 11.5 Å². The van der Waals surface area contributed by atoms with Crippen LogP contribution >= 0.6 is 23.4 Å². The minimum absolute atomic E-state index is 0.0196. The number of aliphatic hydroxyl groups excluding tert-OH is 1. The van der Waals surface area contributed by atoms with E-state index in [1.54, 1.807) is 13.2 Å². The third-order valence-corrected chi connectivity index (χ3v) is 6.02. The Bertz CT molecular complexity index is 502. The number of rotatable bonds is 3. The molecule has 2 aliphatic heterocycles. The molecular formula is C16H21ClO3S. The van der Waals surface area contributed by atoms with Crippen molar-refractivity contribution in [2.75, 3.05) is 25.2 Å². The summed E-state index contributed by atoms with van der Waals surface area (Å²) in [5.41, 5.74) is 0.809. The number of halogens is 1. The SMILES string of the molecule is COc1cc(Cl)ccc1C(O)C1CCOC2(CCSC2)C1. The first kappa shape index (κ1) is 15.5. The molecule has 1 aromatic carbocycles. The van der Waals surface area contributed by atoms with E-state index in [2.05, 4.69) is 0 Å². The van der Waals surface area contributed by atoms with E-state index in [0.717, 1.165) is 42.9 Å². The normalized spacial score (nSPS) is 30.5. The Morgan fingerprint density at radius 1 is 1.52 bits per heavy atom. The van der Waals surface area contributed by atoms with E-state index in [0.29, 0.717) is 10.8 Å². The highest BCUT2D eigenvalue weighted by molar-refractivity contribution is 7.99. The second-order valence-electron chi connectivity index (χ2n) is 5.92. The van der Waals surface area contributed by atoms with Gasteiger partial charge in [-0.15, -0.1) is 0 Å². The maximum atomic E-state index is 10.8. The van der Waals surface area contributed by atoms with Crippen LogP contribution in [-0.4, -0.2) is 35.9 Å². The van der Waals surface area contributed by atoms with E-state index < -0.39 is 6.10 Å². The molecule has 3 nitrogen and oxygen atoms in total. The smallest absolute Gasteiger partial charge is 0.126 e. The molecule has 0 bridgehead atoms. The molecule has 2 fully saturated rings. The fraction of sp³-hybridized carbons (Fsp3) is 0.625. The van der Waals surface area contributed by atoms with Crippen LogP contribution in [0.1, 0.15) is 30.9 Å². The van der Waals surface area contributed by atoms with Gasteiger partial charge in [0.2, 0.25) is 0 Å². The molecule has 2 heterocycles. The molecule has 1 aromatic rings. The Balaban J connectivity index is 1.79. The van der Waals surface area contributed by atoms with Crippen molar-refractivity contribution in [1.29, 1.82) is 0 Å². The first-order chi connectivity index (χ1) is 10.1. The van der Waals surface area contributed by atoms with Gasteiger partial charge in [0.1, 0.15) is 5.75 Å². The van der Waals surface area contributed by atoms with Crippen LogP contribution in [0.4, 0.5) is 0 Å². The fourth-order valence-corrected chi connectivity index (χ4v) is 4.92. The quantitative estimate of drug-likeness (QED) is 0.918. The molecule has 0 saturated carbocycles. The number of aliphatic hydroxyl groups is 1. The molecule has 0 amide bonds. The van der Waals surface area contributed by atoms with Crippen molar-refractivity contribution in [2.24, 2.45) is 5.92 Å². The lowest BCUT2D eigenvalue weighted by molar-refractivity contribution is -0.102. The molecule has 3 unspecified atom stereocenters. The van der Waals surface area contributed by atoms with Crippen molar-refractivity contribution in [3.8, 4) is 5.75 Å². The van der Waals surface area contributed by atoms with Crippen LogP contribution in [0.2, 0.25) is 5.02 Å². The summed E-state index contributed by atoms with van der Waals surface area (Å²) in [5.74, 6) is 3.09. The van der Waals surface area contributed by atoms with Gasteiger partial charge in [0.25, 0.3) is 0 Å². The fourth-order valence-electron chi connectivity index (χ4n) is 3.38. The molecule has 0 radical (unpaired) electrons. The van der Waals surface area contributed by atoms with E-state index in [9.17, 15) is 5.11 Å². The van der Waals surface area contributed by atoms with Crippen LogP contribution in [0, 0.1) is 5.92 Å². The molecule has 1 spiro atoms. The van der Waals surface area contributed by atoms with Gasteiger partial charge in [-0.3, -0.25) is 0 Å². The zero-order valence-corrected chi connectivity index (χ0v) is 13.8. The number of benzene rings is 1. The Labute approximate surface area is 135 Å². The number of hydrogen-bond donors (Lipinski definition) is 1. The summed E-state index contributed by atoms with van der Waals surface area (Å²) in [6, 6.07) is 5.45. The summed E-state index contributed by atoms with van der Waals surface area (Å²) >= 11 is 7.95. The van der Waals surface area contributed by atoms with Gasteiger partial charge in [0.05, 0.1) is 18.8 Å². The maximum absolute atomic E-state index is 10.8. The third-order valence-electron chi connectivity index (χ3n) is 4.56. The zero-order chi connectivity index (χ0) is 14.9.